The van der Waals surface area contributed by atoms with Crippen LogP contribution in [0.3, 0.4) is 0 Å². The fourth-order valence-corrected chi connectivity index (χ4v) is 2.87. The molecular weight excluding hydrogens is 236 g/mol. The minimum atomic E-state index is -0.276. The topological polar surface area (TPSA) is 18.5 Å². The van der Waals surface area contributed by atoms with Crippen LogP contribution in [0.25, 0.3) is 0 Å². The first-order valence-electron chi connectivity index (χ1n) is 7.22. The Morgan fingerprint density at radius 1 is 0.842 bits per heavy atom. The van der Waals surface area contributed by atoms with E-state index in [9.17, 15) is 0 Å². The van der Waals surface area contributed by atoms with E-state index in [0.717, 1.165) is 5.56 Å². The summed E-state index contributed by atoms with van der Waals surface area (Å²) in [6.45, 7) is 13.2. The first-order valence-corrected chi connectivity index (χ1v) is 7.22. The van der Waals surface area contributed by atoms with Crippen molar-refractivity contribution in [2.24, 2.45) is 11.8 Å². The number of hydrogen-bond acceptors (Lipinski definition) is 2. The summed E-state index contributed by atoms with van der Waals surface area (Å²) in [5.74, 6) is 0.794. The molecule has 2 atom stereocenters. The predicted molar refractivity (Wildman–Crippen MR) is 77.8 cm³/mol. The molecule has 0 aliphatic carbocycles. The summed E-state index contributed by atoms with van der Waals surface area (Å²) in [5, 5.41) is 0. The van der Waals surface area contributed by atoms with Crippen LogP contribution in [0.2, 0.25) is 0 Å². The first kappa shape index (κ1) is 14.5. The fourth-order valence-electron chi connectivity index (χ4n) is 2.87. The van der Waals surface area contributed by atoms with Crippen LogP contribution in [0.1, 0.15) is 53.4 Å². The van der Waals surface area contributed by atoms with Crippen molar-refractivity contribution in [3.8, 4) is 0 Å². The minimum absolute atomic E-state index is 0.263. The Morgan fingerprint density at radius 2 is 1.26 bits per heavy atom. The second-order valence-electron chi connectivity index (χ2n) is 6.50. The Hall–Kier alpha value is -0.860. The van der Waals surface area contributed by atoms with Crippen LogP contribution in [0.4, 0.5) is 0 Å². The van der Waals surface area contributed by atoms with Gasteiger partial charge in [-0.3, -0.25) is 0 Å². The van der Waals surface area contributed by atoms with E-state index in [0.29, 0.717) is 11.8 Å². The van der Waals surface area contributed by atoms with Crippen molar-refractivity contribution < 1.29 is 9.47 Å². The Bertz CT molecular complexity index is 404. The van der Waals surface area contributed by atoms with Crippen molar-refractivity contribution >= 4 is 0 Å². The number of hydrogen-bond donors (Lipinski definition) is 0. The highest BCUT2D eigenvalue weighted by atomic mass is 16.7. The predicted octanol–water partition coefficient (Wildman–Crippen LogP) is 4.56. The summed E-state index contributed by atoms with van der Waals surface area (Å²) in [7, 11) is 0. The molecule has 106 valence electrons. The van der Waals surface area contributed by atoms with Gasteiger partial charge in [0.05, 0.1) is 0 Å². The van der Waals surface area contributed by atoms with E-state index in [2.05, 4.69) is 53.7 Å². The zero-order valence-electron chi connectivity index (χ0n) is 12.9. The van der Waals surface area contributed by atoms with Gasteiger partial charge in [0.15, 0.2) is 6.29 Å². The summed E-state index contributed by atoms with van der Waals surface area (Å²) >= 11 is 0. The molecule has 1 fully saturated rings. The van der Waals surface area contributed by atoms with Gasteiger partial charge in [0.1, 0.15) is 11.2 Å². The monoisotopic (exact) mass is 262 g/mol. The maximum atomic E-state index is 6.35. The standard InChI is InChI=1S/C17H26O2/c1-12(2)16(5)17(6,13(3)4)19-15(18-16)14-10-8-7-9-11-14/h7-13,15H,1-6H3/t16-,17-/m0/s1. The average molecular weight is 262 g/mol. The van der Waals surface area contributed by atoms with Gasteiger partial charge in [-0.2, -0.15) is 0 Å². The molecule has 1 saturated heterocycles. The highest BCUT2D eigenvalue weighted by molar-refractivity contribution is 5.19. The van der Waals surface area contributed by atoms with Crippen LogP contribution in [0.15, 0.2) is 30.3 Å². The average Bonchev–Trinajstić information content (AvgIpc) is 2.66. The van der Waals surface area contributed by atoms with Crippen molar-refractivity contribution in [3.63, 3.8) is 0 Å². The summed E-state index contributed by atoms with van der Waals surface area (Å²) < 4.78 is 12.7. The quantitative estimate of drug-likeness (QED) is 0.795. The summed E-state index contributed by atoms with van der Waals surface area (Å²) in [5.41, 5.74) is 0.544. The molecule has 0 saturated carbocycles. The summed E-state index contributed by atoms with van der Waals surface area (Å²) in [6, 6.07) is 10.2. The lowest BCUT2D eigenvalue weighted by atomic mass is 9.72. The maximum Gasteiger partial charge on any atom is 0.185 e. The molecule has 0 N–H and O–H groups in total. The highest BCUT2D eigenvalue weighted by Gasteiger charge is 2.58. The SMILES string of the molecule is CC(C)[C@]1(C)OC(c2ccccc2)O[C@@]1(C)C(C)C. The number of rotatable bonds is 3. The second kappa shape index (κ2) is 4.92. The van der Waals surface area contributed by atoms with Gasteiger partial charge in [-0.15, -0.1) is 0 Å². The van der Waals surface area contributed by atoms with Crippen molar-refractivity contribution in [2.75, 3.05) is 0 Å². The van der Waals surface area contributed by atoms with Crippen molar-refractivity contribution in [1.29, 1.82) is 0 Å². The third-order valence-corrected chi connectivity index (χ3v) is 4.96. The molecule has 0 aromatic heterocycles. The molecule has 2 nitrogen and oxygen atoms in total. The van der Waals surface area contributed by atoms with E-state index in [1.54, 1.807) is 0 Å². The van der Waals surface area contributed by atoms with E-state index in [4.69, 9.17) is 9.47 Å². The summed E-state index contributed by atoms with van der Waals surface area (Å²) in [4.78, 5) is 0. The Morgan fingerprint density at radius 3 is 1.63 bits per heavy atom. The van der Waals surface area contributed by atoms with E-state index < -0.39 is 0 Å². The number of benzene rings is 1. The minimum Gasteiger partial charge on any atom is -0.339 e. The molecule has 1 aromatic rings. The Balaban J connectivity index is 2.36. The Labute approximate surface area is 117 Å². The lowest BCUT2D eigenvalue weighted by Crippen LogP contribution is -2.54. The molecule has 2 rings (SSSR count). The first-order chi connectivity index (χ1) is 8.81. The molecule has 2 heteroatoms. The van der Waals surface area contributed by atoms with Gasteiger partial charge in [0, 0.05) is 5.56 Å². The third-order valence-electron chi connectivity index (χ3n) is 4.96. The molecular formula is C17H26O2. The van der Waals surface area contributed by atoms with Gasteiger partial charge in [-0.1, -0.05) is 58.0 Å². The molecule has 1 aliphatic heterocycles. The summed E-state index contributed by atoms with van der Waals surface area (Å²) in [6.07, 6.45) is -0.263. The van der Waals surface area contributed by atoms with Gasteiger partial charge >= 0.3 is 0 Å². The zero-order valence-corrected chi connectivity index (χ0v) is 12.9. The second-order valence-corrected chi connectivity index (χ2v) is 6.50. The third kappa shape index (κ3) is 2.21. The number of ether oxygens (including phenoxy) is 2. The van der Waals surface area contributed by atoms with Gasteiger partial charge in [-0.05, 0) is 25.7 Å². The van der Waals surface area contributed by atoms with Crippen LogP contribution in [-0.2, 0) is 9.47 Å². The lowest BCUT2D eigenvalue weighted by Gasteiger charge is -2.43. The van der Waals surface area contributed by atoms with Crippen molar-refractivity contribution in [2.45, 2.75) is 59.0 Å². The van der Waals surface area contributed by atoms with E-state index >= 15 is 0 Å². The van der Waals surface area contributed by atoms with Crippen molar-refractivity contribution in [1.82, 2.24) is 0 Å². The molecule has 0 unspecified atom stereocenters. The molecule has 0 spiro atoms. The van der Waals surface area contributed by atoms with Crippen LogP contribution >= 0.6 is 0 Å². The molecule has 0 bridgehead atoms. The van der Waals surface area contributed by atoms with E-state index in [1.807, 2.05) is 18.2 Å². The van der Waals surface area contributed by atoms with Crippen LogP contribution in [-0.4, -0.2) is 11.2 Å². The van der Waals surface area contributed by atoms with Gasteiger partial charge in [0.2, 0.25) is 0 Å². The molecule has 1 heterocycles. The molecule has 0 radical (unpaired) electrons. The highest BCUT2D eigenvalue weighted by Crippen LogP contribution is 2.52. The Kier molecular flexibility index (Phi) is 3.76. The van der Waals surface area contributed by atoms with Gasteiger partial charge in [0.25, 0.3) is 0 Å². The zero-order chi connectivity index (χ0) is 14.3. The fraction of sp³-hybridized carbons (Fsp3) is 0.647. The molecule has 1 aliphatic rings. The normalized spacial score (nSPS) is 32.4. The van der Waals surface area contributed by atoms with Gasteiger partial charge < -0.3 is 9.47 Å². The van der Waals surface area contributed by atoms with Crippen LogP contribution < -0.4 is 0 Å². The largest absolute Gasteiger partial charge is 0.339 e. The van der Waals surface area contributed by atoms with E-state index in [1.165, 1.54) is 0 Å². The molecule has 0 amide bonds. The smallest absolute Gasteiger partial charge is 0.185 e. The van der Waals surface area contributed by atoms with Crippen LogP contribution in [0.5, 0.6) is 0 Å². The lowest BCUT2D eigenvalue weighted by molar-refractivity contribution is -0.103. The van der Waals surface area contributed by atoms with Gasteiger partial charge in [-0.25, -0.2) is 0 Å². The maximum absolute atomic E-state index is 6.35. The molecule has 19 heavy (non-hydrogen) atoms. The van der Waals surface area contributed by atoms with E-state index in [-0.39, 0.29) is 17.5 Å². The molecule has 1 aromatic carbocycles. The van der Waals surface area contributed by atoms with Crippen molar-refractivity contribution in [3.05, 3.63) is 35.9 Å². The van der Waals surface area contributed by atoms with Crippen LogP contribution in [0, 0.1) is 11.8 Å².